The van der Waals surface area contributed by atoms with E-state index in [2.05, 4.69) is 0 Å². The van der Waals surface area contributed by atoms with Crippen molar-refractivity contribution < 1.29 is 149 Å². The number of hydrogen-bond acceptors (Lipinski definition) is 0. The summed E-state index contributed by atoms with van der Waals surface area (Å²) in [6.45, 7) is 0. The van der Waals surface area contributed by atoms with Crippen LogP contribution in [-0.2, 0) is 94.6 Å². The molecule has 0 aromatic rings. The van der Waals surface area contributed by atoms with Crippen LogP contribution < -0.4 is 0 Å². The second-order valence-electron chi connectivity index (χ2n) is 0. The molecule has 0 aliphatic heterocycles. The van der Waals surface area contributed by atoms with E-state index in [1.165, 1.54) is 0 Å². The first-order chi connectivity index (χ1) is 0. The van der Waals surface area contributed by atoms with Gasteiger partial charge in [0.15, 0.2) is 0 Å². The number of rotatable bonds is 0. The molecule has 19 heavy (non-hydrogen) atoms. The van der Waals surface area contributed by atoms with Crippen LogP contribution >= 0.6 is 0 Å². The molecule has 0 aromatic carbocycles. The van der Waals surface area contributed by atoms with E-state index in [0.717, 1.165) is 0 Å². The Kier molecular flexibility index (Phi) is 3570. The largest absolute Gasteiger partial charge is 0.412 e. The van der Waals surface area contributed by atoms with Crippen LogP contribution in [0.3, 0.4) is 0 Å². The van der Waals surface area contributed by atoms with Gasteiger partial charge in [0.1, 0.15) is 0 Å². The van der Waals surface area contributed by atoms with E-state index in [-0.39, 0.29) is 323 Å². The minimum Gasteiger partial charge on any atom is -0.412 e. The monoisotopic (exact) mass is 821 g/mol. The van der Waals surface area contributed by atoms with Crippen LogP contribution in [0.15, 0.2) is 0 Å². The zero-order valence-corrected chi connectivity index (χ0v) is 29.0. The summed E-state index contributed by atoms with van der Waals surface area (Å²) < 4.78 is 0. The van der Waals surface area contributed by atoms with Crippen molar-refractivity contribution in [2.24, 2.45) is 0 Å². The van der Waals surface area contributed by atoms with E-state index in [1.54, 1.807) is 0 Å². The Morgan fingerprint density at radius 3 is 0.263 bits per heavy atom. The minimum atomic E-state index is 0. The third kappa shape index (κ3) is 227. The molecule has 0 heterocycles. The van der Waals surface area contributed by atoms with Crippen molar-refractivity contribution in [3.05, 3.63) is 0 Å². The Balaban J connectivity index is 0. The summed E-state index contributed by atoms with van der Waals surface area (Å²) in [7, 11) is 0. The molecule has 0 amide bonds. The first kappa shape index (κ1) is 276. The van der Waals surface area contributed by atoms with Gasteiger partial charge in [-0.05, 0) is 0 Å². The van der Waals surface area contributed by atoms with E-state index in [1.807, 2.05) is 0 Å². The Hall–Kier alpha value is 8.25. The van der Waals surface area contributed by atoms with Crippen molar-refractivity contribution in [2.45, 2.75) is 0 Å². The Morgan fingerprint density at radius 2 is 0.263 bits per heavy atom. The predicted octanol–water partition coefficient (Wildman–Crippen LogP) is -9.78. The van der Waals surface area contributed by atoms with Gasteiger partial charge in [-0.25, -0.2) is 0 Å². The maximum absolute atomic E-state index is 0. The summed E-state index contributed by atoms with van der Waals surface area (Å²) in [5, 5.41) is 0. The average molecular weight is 821 g/mol. The molecule has 0 atom stereocenters. The van der Waals surface area contributed by atoms with Gasteiger partial charge in [-0.15, -0.1) is 0 Å². The van der Waals surface area contributed by atoms with Crippen LogP contribution in [0.25, 0.3) is 0 Å². The molecule has 0 bridgehead atoms. The van der Waals surface area contributed by atoms with Crippen molar-refractivity contribution in [2.75, 3.05) is 0 Å². The van der Waals surface area contributed by atoms with Crippen LogP contribution in [-0.4, -0.2) is 228 Å². The maximum Gasteiger partial charge on any atom is 0 e. The molecule has 0 aliphatic rings. The number of hydrogen-bond donors (Lipinski definition) is 0. The molecule has 20 N–H and O–H groups in total. The summed E-state index contributed by atoms with van der Waals surface area (Å²) in [5.74, 6) is 0. The van der Waals surface area contributed by atoms with Gasteiger partial charge in [0.2, 0.25) is 0 Å². The Bertz CT molecular complexity index is 36.7. The van der Waals surface area contributed by atoms with Crippen molar-refractivity contribution in [1.29, 1.82) is 0 Å². The van der Waals surface area contributed by atoms with Gasteiger partial charge in [-0.1, -0.05) is 0 Å². The van der Waals surface area contributed by atoms with Crippen LogP contribution in [0, 0.1) is 0 Å². The van der Waals surface area contributed by atoms with Gasteiger partial charge in [-0.3, -0.25) is 0 Å². The zero-order chi connectivity index (χ0) is 0. The molecule has 0 aromatic heterocycles. The maximum atomic E-state index is 0. The molecule has 0 fully saturated rings. The summed E-state index contributed by atoms with van der Waals surface area (Å²) in [5.41, 5.74) is 0. The van der Waals surface area contributed by atoms with E-state index >= 15 is 0 Å². The molecule has 0 saturated heterocycles. The van der Waals surface area contributed by atoms with Gasteiger partial charge in [0.25, 0.3) is 0 Å². The molecule has 0 unspecified atom stereocenters. The van der Waals surface area contributed by atoms with E-state index in [9.17, 15) is 0 Å². The fraction of sp³-hybridized carbons (Fsp3) is 0. The molecule has 0 saturated carbocycles. The van der Waals surface area contributed by atoms with Gasteiger partial charge < -0.3 is 54.8 Å². The van der Waals surface area contributed by atoms with E-state index in [0.29, 0.717) is 0 Å². The minimum absolute atomic E-state index is 0. The summed E-state index contributed by atoms with van der Waals surface area (Å²) in [4.78, 5) is 0. The van der Waals surface area contributed by atoms with Crippen molar-refractivity contribution in [1.82, 2.24) is 0 Å². The Labute approximate surface area is 313 Å². The molecule has 10 nitrogen and oxygen atoms in total. The molecule has 11 radical (unpaired) electrons. The first-order valence-electron chi connectivity index (χ1n) is 0. The smallest absolute Gasteiger partial charge is 0 e. The van der Waals surface area contributed by atoms with Crippen LogP contribution in [0.5, 0.6) is 0 Å². The van der Waals surface area contributed by atoms with Gasteiger partial charge in [0.05, 0.1) is 0 Å². The third-order valence-corrected chi connectivity index (χ3v) is 0. The fourth-order valence-corrected chi connectivity index (χ4v) is 0. The van der Waals surface area contributed by atoms with Gasteiger partial charge in [-0.2, -0.15) is 0 Å². The zero-order valence-electron chi connectivity index (χ0n) is 9.73. The van der Waals surface area contributed by atoms with Crippen LogP contribution in [0.4, 0.5) is 0 Å². The van der Waals surface area contributed by atoms with Crippen molar-refractivity contribution in [3.8, 4) is 0 Å². The summed E-state index contributed by atoms with van der Waals surface area (Å²) in [6, 6.07) is 0. The van der Waals surface area contributed by atoms with Crippen molar-refractivity contribution in [3.63, 3.8) is 0 Å². The molecule has 129 valence electrons. The predicted molar refractivity (Wildman–Crippen MR) is 59.2 cm³/mol. The quantitative estimate of drug-likeness (QED) is 0.206. The normalized spacial score (nSPS) is 0. The topological polar surface area (TPSA) is 315 Å². The molecule has 0 rings (SSSR count). The van der Waals surface area contributed by atoms with Crippen molar-refractivity contribution >= 4 is 173 Å². The van der Waals surface area contributed by atoms with E-state index in [4.69, 9.17) is 0 Å². The SMILES string of the molecule is O.O.O.O.O.O.O.O.O.O.[Ba].[Ba].[Ca].[Ca].[Cu].[Cu].[Cu].[Ti].[Ti]. The second kappa shape index (κ2) is 246. The van der Waals surface area contributed by atoms with Gasteiger partial charge in [0, 0.05) is 268 Å². The summed E-state index contributed by atoms with van der Waals surface area (Å²) in [6.07, 6.45) is 0. The second-order valence-corrected chi connectivity index (χ2v) is 0. The molecular formula is H20Ba2Ca2Cu3O10Ti2. The molecular weight excluding hydrogens is 801 g/mol. The van der Waals surface area contributed by atoms with Gasteiger partial charge >= 0.3 is 0 Å². The first-order valence-corrected chi connectivity index (χ1v) is 0. The molecule has 0 spiro atoms. The standard InChI is InChI=1S/2Ba.2Ca.3Cu.10H2O.2Ti/h;;;;;;;10*1H2;;. The average Bonchev–Trinajstić information content (AvgIpc) is 0. The Morgan fingerprint density at radius 1 is 0.263 bits per heavy atom. The van der Waals surface area contributed by atoms with Crippen LogP contribution in [0.1, 0.15) is 0 Å². The third-order valence-electron chi connectivity index (χ3n) is 0. The molecule has 19 heteroatoms. The molecule has 0 aliphatic carbocycles. The van der Waals surface area contributed by atoms with Crippen LogP contribution in [0.2, 0.25) is 0 Å². The van der Waals surface area contributed by atoms with E-state index < -0.39 is 0 Å². The fourth-order valence-electron chi connectivity index (χ4n) is 0. The summed E-state index contributed by atoms with van der Waals surface area (Å²) >= 11 is 0.